The number of carbonyl (C=O) groups is 1. The third-order valence-electron chi connectivity index (χ3n) is 2.94. The highest BCUT2D eigenvalue weighted by molar-refractivity contribution is 5.96. The molecule has 0 aliphatic carbocycles. The average Bonchev–Trinajstić information content (AvgIpc) is 2.89. The van der Waals surface area contributed by atoms with Crippen molar-refractivity contribution in [2.45, 2.75) is 13.5 Å². The molecule has 0 aliphatic heterocycles. The van der Waals surface area contributed by atoms with Gasteiger partial charge in [-0.25, -0.2) is 9.78 Å². The number of amides is 1. The normalized spacial score (nSPS) is 10.7. The third-order valence-corrected chi connectivity index (χ3v) is 2.94. The minimum absolute atomic E-state index is 0.0408. The van der Waals surface area contributed by atoms with E-state index in [0.717, 1.165) is 0 Å². The van der Waals surface area contributed by atoms with Crippen molar-refractivity contribution in [3.05, 3.63) is 58.0 Å². The van der Waals surface area contributed by atoms with Crippen LogP contribution in [0.3, 0.4) is 0 Å². The predicted molar refractivity (Wildman–Crippen MR) is 74.8 cm³/mol. The zero-order chi connectivity index (χ0) is 14.8. The van der Waals surface area contributed by atoms with Crippen LogP contribution >= 0.6 is 0 Å². The number of hydrogen-bond donors (Lipinski definition) is 2. The number of H-pyrrole nitrogens is 1. The molecule has 0 unspecified atom stereocenters. The van der Waals surface area contributed by atoms with Crippen molar-refractivity contribution in [1.29, 1.82) is 0 Å². The zero-order valence-corrected chi connectivity index (χ0v) is 11.2. The van der Waals surface area contributed by atoms with Crippen molar-refractivity contribution in [1.82, 2.24) is 20.5 Å². The van der Waals surface area contributed by atoms with E-state index in [1.807, 2.05) is 0 Å². The molecule has 106 valence electrons. The quantitative estimate of drug-likeness (QED) is 0.702. The summed E-state index contributed by atoms with van der Waals surface area (Å²) in [7, 11) is 0. The number of fused-ring (bicyclic) bond motifs is 1. The number of hydrogen-bond acceptors (Lipinski definition) is 5. The molecule has 3 rings (SSSR count). The Labute approximate surface area is 119 Å². The first kappa shape index (κ1) is 13.0. The summed E-state index contributed by atoms with van der Waals surface area (Å²) >= 11 is 0. The van der Waals surface area contributed by atoms with Crippen LogP contribution in [0.2, 0.25) is 0 Å². The standard InChI is InChI=1S/C14H12N4O3/c1-8-16-12(18-17-8)7-15-13(19)10-6-9-4-2-3-5-11(9)21-14(10)20/h2-6H,7H2,1H3,(H,15,19)(H,16,17,18). The second kappa shape index (κ2) is 5.20. The van der Waals surface area contributed by atoms with Crippen LogP contribution in [0.15, 0.2) is 39.5 Å². The summed E-state index contributed by atoms with van der Waals surface area (Å²) in [5.41, 5.74) is -0.262. The van der Waals surface area contributed by atoms with Crippen molar-refractivity contribution in [3.63, 3.8) is 0 Å². The van der Waals surface area contributed by atoms with E-state index in [-0.39, 0.29) is 12.1 Å². The summed E-state index contributed by atoms with van der Waals surface area (Å²) in [6.45, 7) is 1.89. The predicted octanol–water partition coefficient (Wildman–Crippen LogP) is 1.15. The number of aromatic amines is 1. The molecule has 2 aromatic heterocycles. The first-order chi connectivity index (χ1) is 10.1. The number of para-hydroxylation sites is 1. The monoisotopic (exact) mass is 284 g/mol. The van der Waals surface area contributed by atoms with E-state index >= 15 is 0 Å². The van der Waals surface area contributed by atoms with Gasteiger partial charge in [-0.3, -0.25) is 9.89 Å². The highest BCUT2D eigenvalue weighted by atomic mass is 16.4. The summed E-state index contributed by atoms with van der Waals surface area (Å²) < 4.78 is 5.12. The maximum atomic E-state index is 12.1. The first-order valence-corrected chi connectivity index (χ1v) is 6.32. The fourth-order valence-corrected chi connectivity index (χ4v) is 1.94. The highest BCUT2D eigenvalue weighted by Gasteiger charge is 2.14. The zero-order valence-electron chi connectivity index (χ0n) is 11.2. The van der Waals surface area contributed by atoms with Gasteiger partial charge in [0.1, 0.15) is 17.0 Å². The Kier molecular flexibility index (Phi) is 3.23. The van der Waals surface area contributed by atoms with Gasteiger partial charge in [0.2, 0.25) is 0 Å². The Morgan fingerprint density at radius 1 is 1.38 bits per heavy atom. The minimum Gasteiger partial charge on any atom is -0.422 e. The van der Waals surface area contributed by atoms with Gasteiger partial charge in [-0.1, -0.05) is 18.2 Å². The molecule has 0 aliphatic rings. The molecule has 1 amide bonds. The number of benzene rings is 1. The summed E-state index contributed by atoms with van der Waals surface area (Å²) in [6, 6.07) is 8.53. The molecule has 0 radical (unpaired) electrons. The maximum absolute atomic E-state index is 12.1. The van der Waals surface area contributed by atoms with E-state index in [4.69, 9.17) is 4.42 Å². The van der Waals surface area contributed by atoms with Crippen molar-refractivity contribution in [2.24, 2.45) is 0 Å². The van der Waals surface area contributed by atoms with E-state index in [9.17, 15) is 9.59 Å². The molecule has 7 nitrogen and oxygen atoms in total. The highest BCUT2D eigenvalue weighted by Crippen LogP contribution is 2.12. The van der Waals surface area contributed by atoms with E-state index in [1.54, 1.807) is 31.2 Å². The van der Waals surface area contributed by atoms with Crippen LogP contribution < -0.4 is 10.9 Å². The van der Waals surface area contributed by atoms with Gasteiger partial charge < -0.3 is 9.73 Å². The largest absolute Gasteiger partial charge is 0.422 e. The van der Waals surface area contributed by atoms with Gasteiger partial charge >= 0.3 is 5.63 Å². The lowest BCUT2D eigenvalue weighted by atomic mass is 10.2. The molecule has 0 atom stereocenters. The summed E-state index contributed by atoms with van der Waals surface area (Å²) in [6.07, 6.45) is 0. The lowest BCUT2D eigenvalue weighted by molar-refractivity contribution is 0.0946. The van der Waals surface area contributed by atoms with Gasteiger partial charge in [0.25, 0.3) is 5.91 Å². The lowest BCUT2D eigenvalue weighted by Crippen LogP contribution is -2.28. The van der Waals surface area contributed by atoms with Crippen LogP contribution in [0.1, 0.15) is 22.0 Å². The van der Waals surface area contributed by atoms with Gasteiger partial charge in [0, 0.05) is 5.39 Å². The molecular weight excluding hydrogens is 272 g/mol. The minimum atomic E-state index is -0.669. The molecule has 2 heterocycles. The molecule has 2 N–H and O–H groups in total. The SMILES string of the molecule is Cc1nc(CNC(=O)c2cc3ccccc3oc2=O)n[nH]1. The molecule has 0 saturated heterocycles. The van der Waals surface area contributed by atoms with Crippen LogP contribution in [0.5, 0.6) is 0 Å². The Bertz CT molecular complexity index is 866. The molecule has 3 aromatic rings. The van der Waals surface area contributed by atoms with E-state index < -0.39 is 11.5 Å². The third kappa shape index (κ3) is 2.66. The molecule has 0 saturated carbocycles. The number of nitrogens with zero attached hydrogens (tertiary/aromatic N) is 2. The van der Waals surface area contributed by atoms with Crippen LogP contribution in [-0.2, 0) is 6.54 Å². The Hall–Kier alpha value is -2.96. The molecule has 0 fully saturated rings. The van der Waals surface area contributed by atoms with Gasteiger partial charge in [0.15, 0.2) is 5.82 Å². The Morgan fingerprint density at radius 3 is 2.95 bits per heavy atom. The first-order valence-electron chi connectivity index (χ1n) is 6.32. The molecule has 1 aromatic carbocycles. The number of aromatic nitrogens is 3. The van der Waals surface area contributed by atoms with Crippen LogP contribution in [-0.4, -0.2) is 21.1 Å². The van der Waals surface area contributed by atoms with Gasteiger partial charge in [-0.2, -0.15) is 5.10 Å². The van der Waals surface area contributed by atoms with Gasteiger partial charge in [-0.15, -0.1) is 0 Å². The van der Waals surface area contributed by atoms with E-state index in [2.05, 4.69) is 20.5 Å². The molecule has 0 bridgehead atoms. The van der Waals surface area contributed by atoms with Gasteiger partial charge in [0.05, 0.1) is 6.54 Å². The van der Waals surface area contributed by atoms with Crippen LogP contribution in [0, 0.1) is 6.92 Å². The second-order valence-corrected chi connectivity index (χ2v) is 4.51. The number of nitrogens with one attached hydrogen (secondary N) is 2. The average molecular weight is 284 g/mol. The van der Waals surface area contributed by atoms with Crippen molar-refractivity contribution < 1.29 is 9.21 Å². The summed E-state index contributed by atoms with van der Waals surface area (Å²) in [5, 5.41) is 9.86. The second-order valence-electron chi connectivity index (χ2n) is 4.51. The van der Waals surface area contributed by atoms with Crippen LogP contribution in [0.25, 0.3) is 11.0 Å². The van der Waals surface area contributed by atoms with Crippen molar-refractivity contribution >= 4 is 16.9 Å². The smallest absolute Gasteiger partial charge is 0.349 e. The number of rotatable bonds is 3. The number of carbonyl (C=O) groups excluding carboxylic acids is 1. The van der Waals surface area contributed by atoms with Crippen molar-refractivity contribution in [3.8, 4) is 0 Å². The fourth-order valence-electron chi connectivity index (χ4n) is 1.94. The van der Waals surface area contributed by atoms with E-state index in [0.29, 0.717) is 22.6 Å². The molecule has 0 spiro atoms. The van der Waals surface area contributed by atoms with Crippen molar-refractivity contribution in [2.75, 3.05) is 0 Å². The Morgan fingerprint density at radius 2 is 2.19 bits per heavy atom. The fraction of sp³-hybridized carbons (Fsp3) is 0.143. The molecule has 21 heavy (non-hydrogen) atoms. The van der Waals surface area contributed by atoms with Gasteiger partial charge in [-0.05, 0) is 19.1 Å². The lowest BCUT2D eigenvalue weighted by Gasteiger charge is -2.03. The molecule has 7 heteroatoms. The summed E-state index contributed by atoms with van der Waals surface area (Å²) in [5.74, 6) is 0.590. The molecular formula is C14H12N4O3. The Balaban J connectivity index is 1.84. The maximum Gasteiger partial charge on any atom is 0.349 e. The van der Waals surface area contributed by atoms with E-state index in [1.165, 1.54) is 6.07 Å². The number of aryl methyl sites for hydroxylation is 1. The topological polar surface area (TPSA) is 101 Å². The summed E-state index contributed by atoms with van der Waals surface area (Å²) in [4.78, 5) is 27.9. The van der Waals surface area contributed by atoms with Crippen LogP contribution in [0.4, 0.5) is 0 Å².